The average Bonchev–Trinajstić information content (AvgIpc) is 3.17. The molecule has 1 atom stereocenters. The van der Waals surface area contributed by atoms with E-state index in [2.05, 4.69) is 20.4 Å². The van der Waals surface area contributed by atoms with E-state index in [1.807, 2.05) is 32.9 Å². The van der Waals surface area contributed by atoms with E-state index >= 15 is 0 Å². The van der Waals surface area contributed by atoms with E-state index in [1.54, 1.807) is 18.7 Å². The van der Waals surface area contributed by atoms with Gasteiger partial charge in [0.15, 0.2) is 0 Å². The molecule has 3 aliphatic heterocycles. The second-order valence-corrected chi connectivity index (χ2v) is 12.9. The second kappa shape index (κ2) is 10.8. The summed E-state index contributed by atoms with van der Waals surface area (Å²) in [5.74, 6) is -0.343. The van der Waals surface area contributed by atoms with Crippen molar-refractivity contribution in [2.45, 2.75) is 71.9 Å². The minimum Gasteiger partial charge on any atom is -0.369 e. The van der Waals surface area contributed by atoms with E-state index in [0.29, 0.717) is 25.9 Å². The Labute approximate surface area is 226 Å². The Morgan fingerprint density at radius 3 is 2.18 bits per heavy atom. The summed E-state index contributed by atoms with van der Waals surface area (Å²) in [6.45, 7) is 14.7. The van der Waals surface area contributed by atoms with Gasteiger partial charge in [-0.25, -0.2) is 4.39 Å². The van der Waals surface area contributed by atoms with E-state index in [1.165, 1.54) is 12.1 Å². The second-order valence-electron chi connectivity index (χ2n) is 12.9. The van der Waals surface area contributed by atoms with E-state index in [0.717, 1.165) is 51.3 Å². The first-order valence-electron chi connectivity index (χ1n) is 13.9. The Morgan fingerprint density at radius 2 is 1.61 bits per heavy atom. The summed E-state index contributed by atoms with van der Waals surface area (Å²) in [5, 5.41) is 6.14. The Hall–Kier alpha value is -2.68. The van der Waals surface area contributed by atoms with Gasteiger partial charge in [0, 0.05) is 63.0 Å². The Morgan fingerprint density at radius 1 is 1.00 bits per heavy atom. The van der Waals surface area contributed by atoms with E-state index < -0.39 is 16.4 Å². The number of nitrogens with zero attached hydrogens (tertiary/aromatic N) is 3. The highest BCUT2D eigenvalue weighted by molar-refractivity contribution is 5.92. The van der Waals surface area contributed by atoms with Crippen molar-refractivity contribution >= 4 is 23.4 Å². The quantitative estimate of drug-likeness (QED) is 0.592. The van der Waals surface area contributed by atoms with Gasteiger partial charge in [0.05, 0.1) is 5.41 Å². The van der Waals surface area contributed by atoms with Gasteiger partial charge in [-0.15, -0.1) is 0 Å². The molecule has 1 aromatic carbocycles. The maximum Gasteiger partial charge on any atom is 0.247 e. The number of anilines is 1. The van der Waals surface area contributed by atoms with Crippen LogP contribution in [0.2, 0.25) is 0 Å². The molecule has 0 aliphatic carbocycles. The number of carbonyl (C=O) groups excluding carboxylic acids is 3. The van der Waals surface area contributed by atoms with Gasteiger partial charge in [-0.05, 0) is 63.8 Å². The summed E-state index contributed by atoms with van der Waals surface area (Å²) in [5.41, 5.74) is -0.908. The summed E-state index contributed by atoms with van der Waals surface area (Å²) >= 11 is 0. The third kappa shape index (κ3) is 6.30. The average molecular weight is 530 g/mol. The lowest BCUT2D eigenvalue weighted by molar-refractivity contribution is -0.145. The largest absolute Gasteiger partial charge is 0.369 e. The highest BCUT2D eigenvalue weighted by Gasteiger charge is 2.49. The van der Waals surface area contributed by atoms with Crippen LogP contribution in [0.3, 0.4) is 0 Å². The molecule has 3 saturated heterocycles. The summed E-state index contributed by atoms with van der Waals surface area (Å²) < 4.78 is 13.2. The summed E-state index contributed by atoms with van der Waals surface area (Å²) in [7, 11) is 0. The standard InChI is InChI=1S/C29H44FN5O3/c1-27(2,3)24(36)32-28(4,5)26(38)35-14-11-29(12-15-35)20-22(31-25(29)37)10-13-33-16-18-34(19-17-33)23-8-6-21(30)7-9-23/h6-9,22H,10-20H2,1-5H3,(H,31,37)(H,32,36)/t22-/m0/s1. The number of carbonyl (C=O) groups is 3. The molecular formula is C29H44FN5O3. The Bertz CT molecular complexity index is 1020. The van der Waals surface area contributed by atoms with Crippen LogP contribution in [0.15, 0.2) is 24.3 Å². The number of likely N-dealkylation sites (tertiary alicyclic amines) is 1. The predicted molar refractivity (Wildman–Crippen MR) is 146 cm³/mol. The summed E-state index contributed by atoms with van der Waals surface area (Å²) in [4.78, 5) is 45.3. The number of nitrogens with one attached hydrogen (secondary N) is 2. The van der Waals surface area contributed by atoms with Crippen LogP contribution in [0.4, 0.5) is 10.1 Å². The first kappa shape index (κ1) is 28.3. The van der Waals surface area contributed by atoms with Crippen LogP contribution >= 0.6 is 0 Å². The summed E-state index contributed by atoms with van der Waals surface area (Å²) in [6, 6.07) is 6.84. The smallest absolute Gasteiger partial charge is 0.247 e. The number of piperazine rings is 1. The van der Waals surface area contributed by atoms with Crippen LogP contribution in [0.1, 0.15) is 60.3 Å². The highest BCUT2D eigenvalue weighted by atomic mass is 19.1. The lowest BCUT2D eigenvalue weighted by Crippen LogP contribution is -2.59. The summed E-state index contributed by atoms with van der Waals surface area (Å²) in [6.07, 6.45) is 3.04. The van der Waals surface area contributed by atoms with Crippen molar-refractivity contribution in [3.05, 3.63) is 30.1 Å². The topological polar surface area (TPSA) is 85.0 Å². The van der Waals surface area contributed by atoms with E-state index in [9.17, 15) is 18.8 Å². The fourth-order valence-electron chi connectivity index (χ4n) is 5.84. The highest BCUT2D eigenvalue weighted by Crippen LogP contribution is 2.41. The number of rotatable bonds is 6. The van der Waals surface area contributed by atoms with Crippen molar-refractivity contribution in [3.8, 4) is 0 Å². The maximum atomic E-state index is 13.2. The lowest BCUT2D eigenvalue weighted by atomic mass is 9.75. The van der Waals surface area contributed by atoms with Crippen molar-refractivity contribution in [3.63, 3.8) is 0 Å². The lowest BCUT2D eigenvalue weighted by Gasteiger charge is -2.41. The van der Waals surface area contributed by atoms with Gasteiger partial charge in [0.25, 0.3) is 0 Å². The molecule has 3 amide bonds. The van der Waals surface area contributed by atoms with Crippen LogP contribution in [0.25, 0.3) is 0 Å². The van der Waals surface area contributed by atoms with Gasteiger partial charge >= 0.3 is 0 Å². The van der Waals surface area contributed by atoms with Gasteiger partial charge in [-0.1, -0.05) is 20.8 Å². The molecule has 3 aliphatic rings. The number of benzene rings is 1. The Balaban J connectivity index is 1.22. The van der Waals surface area contributed by atoms with Gasteiger partial charge in [-0.3, -0.25) is 19.3 Å². The maximum absolute atomic E-state index is 13.2. The van der Waals surface area contributed by atoms with Crippen molar-refractivity contribution in [2.24, 2.45) is 10.8 Å². The minimum absolute atomic E-state index is 0.0975. The molecule has 38 heavy (non-hydrogen) atoms. The zero-order valence-corrected chi connectivity index (χ0v) is 23.6. The van der Waals surface area contributed by atoms with E-state index in [4.69, 9.17) is 0 Å². The molecule has 3 fully saturated rings. The van der Waals surface area contributed by atoms with Gasteiger partial charge < -0.3 is 20.4 Å². The van der Waals surface area contributed by atoms with Crippen LogP contribution in [-0.2, 0) is 14.4 Å². The molecule has 8 nitrogen and oxygen atoms in total. The van der Waals surface area contributed by atoms with Crippen LogP contribution in [-0.4, -0.2) is 84.9 Å². The molecule has 9 heteroatoms. The molecule has 0 saturated carbocycles. The van der Waals surface area contributed by atoms with Crippen LogP contribution in [0.5, 0.6) is 0 Å². The van der Waals surface area contributed by atoms with Crippen LogP contribution < -0.4 is 15.5 Å². The SMILES string of the molecule is CC(C)(C)C(=O)NC(C)(C)C(=O)N1CCC2(CC1)C[C@H](CCN1CCN(c3ccc(F)cc3)CC1)NC2=O. The van der Waals surface area contributed by atoms with Gasteiger partial charge in [0.2, 0.25) is 17.7 Å². The minimum atomic E-state index is -0.990. The monoisotopic (exact) mass is 529 g/mol. The van der Waals surface area contributed by atoms with Crippen molar-refractivity contribution in [2.75, 3.05) is 50.7 Å². The molecule has 210 valence electrons. The number of hydrogen-bond donors (Lipinski definition) is 2. The van der Waals surface area contributed by atoms with Crippen molar-refractivity contribution in [1.82, 2.24) is 20.4 Å². The fraction of sp³-hybridized carbons (Fsp3) is 0.690. The fourth-order valence-corrected chi connectivity index (χ4v) is 5.84. The molecule has 0 radical (unpaired) electrons. The number of hydrogen-bond acceptors (Lipinski definition) is 5. The number of amides is 3. The third-order valence-corrected chi connectivity index (χ3v) is 8.46. The van der Waals surface area contributed by atoms with Gasteiger partial charge in [0.1, 0.15) is 11.4 Å². The van der Waals surface area contributed by atoms with Crippen molar-refractivity contribution in [1.29, 1.82) is 0 Å². The molecular weight excluding hydrogens is 485 g/mol. The zero-order valence-electron chi connectivity index (χ0n) is 23.6. The molecule has 0 aromatic heterocycles. The molecule has 3 heterocycles. The molecule has 1 aromatic rings. The molecule has 0 bridgehead atoms. The Kier molecular flexibility index (Phi) is 8.07. The van der Waals surface area contributed by atoms with Crippen molar-refractivity contribution < 1.29 is 18.8 Å². The normalized spacial score (nSPS) is 22.5. The molecule has 4 rings (SSSR count). The van der Waals surface area contributed by atoms with Crippen LogP contribution in [0, 0.1) is 16.6 Å². The third-order valence-electron chi connectivity index (χ3n) is 8.46. The number of halogens is 1. The zero-order chi connectivity index (χ0) is 27.7. The predicted octanol–water partition coefficient (Wildman–Crippen LogP) is 2.78. The molecule has 2 N–H and O–H groups in total. The number of piperidine rings is 1. The first-order valence-corrected chi connectivity index (χ1v) is 13.9. The van der Waals surface area contributed by atoms with E-state index in [-0.39, 0.29) is 29.6 Å². The molecule has 1 spiro atoms. The first-order chi connectivity index (χ1) is 17.8. The van der Waals surface area contributed by atoms with Gasteiger partial charge in [-0.2, -0.15) is 0 Å². The molecule has 0 unspecified atom stereocenters.